The average Bonchev–Trinajstić information content (AvgIpc) is 2.31. The normalized spacial score (nSPS) is 15.3. The molecule has 0 bridgehead atoms. The van der Waals surface area contributed by atoms with Crippen LogP contribution in [0.15, 0.2) is 12.2 Å². The number of carboxylic acids is 1. The van der Waals surface area contributed by atoms with Gasteiger partial charge in [-0.05, 0) is 6.92 Å². The minimum absolute atomic E-state index is 0.177. The van der Waals surface area contributed by atoms with Crippen LogP contribution >= 0.6 is 7.82 Å². The van der Waals surface area contributed by atoms with Crippen molar-refractivity contribution in [1.29, 1.82) is 0 Å². The van der Waals surface area contributed by atoms with Crippen LogP contribution < -0.4 is 5.73 Å². The molecule has 9 nitrogen and oxygen atoms in total. The van der Waals surface area contributed by atoms with Crippen LogP contribution in [-0.4, -0.2) is 47.8 Å². The largest absolute Gasteiger partial charge is 0.480 e. The van der Waals surface area contributed by atoms with Gasteiger partial charge in [-0.3, -0.25) is 13.8 Å². The van der Waals surface area contributed by atoms with Crippen LogP contribution in [0.4, 0.5) is 0 Å². The lowest BCUT2D eigenvalue weighted by Gasteiger charge is -2.13. The number of nitrogens with two attached hydrogens (primary N) is 1. The average molecular weight is 297 g/mol. The van der Waals surface area contributed by atoms with E-state index in [-0.39, 0.29) is 12.2 Å². The monoisotopic (exact) mass is 297 g/mol. The second-order valence-electron chi connectivity index (χ2n) is 3.46. The predicted octanol–water partition coefficient (Wildman–Crippen LogP) is -0.349. The summed E-state index contributed by atoms with van der Waals surface area (Å²) in [6.07, 6.45) is 0. The number of carbonyl (C=O) groups excluding carboxylic acids is 1. The maximum Gasteiger partial charge on any atom is 0.472 e. The van der Waals surface area contributed by atoms with E-state index in [0.29, 0.717) is 0 Å². The fourth-order valence-electron chi connectivity index (χ4n) is 0.693. The zero-order valence-electron chi connectivity index (χ0n) is 10.3. The fourth-order valence-corrected chi connectivity index (χ4v) is 1.42. The van der Waals surface area contributed by atoms with Crippen LogP contribution in [0.25, 0.3) is 0 Å². The molecule has 0 aliphatic carbocycles. The molecule has 0 heterocycles. The minimum Gasteiger partial charge on any atom is -0.480 e. The van der Waals surface area contributed by atoms with Crippen molar-refractivity contribution in [2.75, 3.05) is 19.8 Å². The Morgan fingerprint density at radius 1 is 1.37 bits per heavy atom. The van der Waals surface area contributed by atoms with Crippen LogP contribution in [0.1, 0.15) is 6.92 Å². The van der Waals surface area contributed by atoms with Crippen LogP contribution in [0, 0.1) is 0 Å². The van der Waals surface area contributed by atoms with E-state index in [0.717, 1.165) is 0 Å². The molecule has 0 saturated heterocycles. The number of ether oxygens (including phenoxy) is 1. The van der Waals surface area contributed by atoms with Crippen molar-refractivity contribution < 1.29 is 37.9 Å². The maximum atomic E-state index is 11.2. The summed E-state index contributed by atoms with van der Waals surface area (Å²) in [5.41, 5.74) is 5.24. The third-order valence-corrected chi connectivity index (χ3v) is 2.64. The van der Waals surface area contributed by atoms with E-state index in [2.05, 4.69) is 20.4 Å². The van der Waals surface area contributed by atoms with Gasteiger partial charge in [-0.2, -0.15) is 0 Å². The highest BCUT2D eigenvalue weighted by Gasteiger charge is 2.24. The number of phosphoric acid groups is 1. The molecule has 0 saturated carbocycles. The molecule has 0 fully saturated rings. The first-order valence-electron chi connectivity index (χ1n) is 5.08. The number of carboxylic acid groups (broad SMARTS) is 1. The topological polar surface area (TPSA) is 145 Å². The molecular formula is C9H16NO8P. The summed E-state index contributed by atoms with van der Waals surface area (Å²) in [4.78, 5) is 30.4. The molecule has 0 aromatic rings. The number of rotatable bonds is 9. The summed E-state index contributed by atoms with van der Waals surface area (Å²) < 4.78 is 24.6. The number of hydrogen-bond donors (Lipinski definition) is 3. The van der Waals surface area contributed by atoms with Crippen LogP contribution in [-0.2, 0) is 27.9 Å². The van der Waals surface area contributed by atoms with E-state index in [1.54, 1.807) is 0 Å². The standard InChI is InChI=1S/C9H16NO8P/c1-6(2)9(13)16-3-4-17-19(14,15)18-5-7(10)8(11)12/h7H,1,3-5,10H2,2H3,(H,11,12)(H,14,15)/t7-/m0/s1. The number of phosphoric ester groups is 1. The Hall–Kier alpha value is -1.25. The minimum atomic E-state index is -4.43. The molecule has 0 radical (unpaired) electrons. The van der Waals surface area contributed by atoms with Gasteiger partial charge < -0.3 is 20.5 Å². The molecule has 110 valence electrons. The highest BCUT2D eigenvalue weighted by Crippen LogP contribution is 2.42. The molecule has 19 heavy (non-hydrogen) atoms. The molecule has 4 N–H and O–H groups in total. The molecule has 0 aliphatic heterocycles. The molecule has 0 spiro atoms. The number of esters is 1. The van der Waals surface area contributed by atoms with E-state index < -0.39 is 39.0 Å². The Kier molecular flexibility index (Phi) is 7.50. The Morgan fingerprint density at radius 2 is 1.95 bits per heavy atom. The van der Waals surface area contributed by atoms with Gasteiger partial charge in [0.1, 0.15) is 12.6 Å². The summed E-state index contributed by atoms with van der Waals surface area (Å²) in [7, 11) is -4.43. The summed E-state index contributed by atoms with van der Waals surface area (Å²) in [6.45, 7) is 3.42. The van der Waals surface area contributed by atoms with Gasteiger partial charge in [0.15, 0.2) is 0 Å². The van der Waals surface area contributed by atoms with Gasteiger partial charge in [-0.1, -0.05) is 6.58 Å². The highest BCUT2D eigenvalue weighted by molar-refractivity contribution is 7.47. The van der Waals surface area contributed by atoms with Crippen molar-refractivity contribution in [1.82, 2.24) is 0 Å². The Bertz CT molecular complexity index is 396. The van der Waals surface area contributed by atoms with Gasteiger partial charge in [0.2, 0.25) is 0 Å². The van der Waals surface area contributed by atoms with Crippen molar-refractivity contribution in [3.8, 4) is 0 Å². The van der Waals surface area contributed by atoms with Crippen molar-refractivity contribution in [3.63, 3.8) is 0 Å². The van der Waals surface area contributed by atoms with Crippen LogP contribution in [0.3, 0.4) is 0 Å². The Labute approximate surface area is 109 Å². The molecule has 0 amide bonds. The predicted molar refractivity (Wildman–Crippen MR) is 63.1 cm³/mol. The Balaban J connectivity index is 3.91. The summed E-state index contributed by atoms with van der Waals surface area (Å²) in [6, 6.07) is -1.44. The van der Waals surface area contributed by atoms with Gasteiger partial charge in [-0.25, -0.2) is 9.36 Å². The number of aliphatic carboxylic acids is 1. The molecule has 10 heteroatoms. The SMILES string of the molecule is C=C(C)C(=O)OCCOP(=O)(O)OC[C@H](N)C(=O)O. The van der Waals surface area contributed by atoms with Gasteiger partial charge in [0.25, 0.3) is 0 Å². The maximum absolute atomic E-state index is 11.2. The lowest BCUT2D eigenvalue weighted by atomic mass is 10.3. The lowest BCUT2D eigenvalue weighted by Crippen LogP contribution is -2.34. The molecule has 0 aromatic carbocycles. The van der Waals surface area contributed by atoms with Gasteiger partial charge in [-0.15, -0.1) is 0 Å². The molecule has 2 atom stereocenters. The first-order valence-corrected chi connectivity index (χ1v) is 6.58. The Morgan fingerprint density at radius 3 is 2.42 bits per heavy atom. The first kappa shape index (κ1) is 17.8. The quantitative estimate of drug-likeness (QED) is 0.225. The van der Waals surface area contributed by atoms with Crippen LogP contribution in [0.5, 0.6) is 0 Å². The third kappa shape index (κ3) is 8.46. The van der Waals surface area contributed by atoms with Gasteiger partial charge >= 0.3 is 19.8 Å². The molecular weight excluding hydrogens is 281 g/mol. The smallest absolute Gasteiger partial charge is 0.472 e. The second-order valence-corrected chi connectivity index (χ2v) is 4.91. The van der Waals surface area contributed by atoms with Gasteiger partial charge in [0.05, 0.1) is 13.2 Å². The van der Waals surface area contributed by atoms with Crippen molar-refractivity contribution in [3.05, 3.63) is 12.2 Å². The highest BCUT2D eigenvalue weighted by atomic mass is 31.2. The summed E-state index contributed by atoms with van der Waals surface area (Å²) >= 11 is 0. The fraction of sp³-hybridized carbons (Fsp3) is 0.556. The summed E-state index contributed by atoms with van der Waals surface area (Å²) in [5, 5.41) is 8.42. The number of hydrogen-bond acceptors (Lipinski definition) is 7. The molecule has 1 unspecified atom stereocenters. The molecule has 0 rings (SSSR count). The molecule has 0 aliphatic rings. The zero-order valence-corrected chi connectivity index (χ0v) is 11.2. The van der Waals surface area contributed by atoms with E-state index in [1.165, 1.54) is 6.92 Å². The zero-order chi connectivity index (χ0) is 15.1. The van der Waals surface area contributed by atoms with Crippen molar-refractivity contribution in [2.45, 2.75) is 13.0 Å². The van der Waals surface area contributed by atoms with Crippen LogP contribution in [0.2, 0.25) is 0 Å². The third-order valence-electron chi connectivity index (χ3n) is 1.65. The summed E-state index contributed by atoms with van der Waals surface area (Å²) in [5.74, 6) is -2.04. The van der Waals surface area contributed by atoms with E-state index >= 15 is 0 Å². The second kappa shape index (κ2) is 8.03. The number of carbonyl (C=O) groups is 2. The molecule has 0 aromatic heterocycles. The van der Waals surface area contributed by atoms with Crippen molar-refractivity contribution in [2.24, 2.45) is 5.73 Å². The lowest BCUT2D eigenvalue weighted by molar-refractivity contribution is -0.140. The van der Waals surface area contributed by atoms with E-state index in [9.17, 15) is 14.2 Å². The van der Waals surface area contributed by atoms with E-state index in [1.807, 2.05) is 0 Å². The van der Waals surface area contributed by atoms with Gasteiger partial charge in [0, 0.05) is 5.57 Å². The van der Waals surface area contributed by atoms with E-state index in [4.69, 9.17) is 15.7 Å². The first-order chi connectivity index (χ1) is 8.65. The van der Waals surface area contributed by atoms with Crippen molar-refractivity contribution >= 4 is 19.8 Å².